The molecule has 0 spiro atoms. The van der Waals surface area contributed by atoms with E-state index < -0.39 is 23.0 Å². The van der Waals surface area contributed by atoms with Crippen LogP contribution in [0.15, 0.2) is 24.3 Å². The lowest BCUT2D eigenvalue weighted by Crippen LogP contribution is -2.44. The van der Waals surface area contributed by atoms with Crippen molar-refractivity contribution in [2.75, 3.05) is 0 Å². The predicted octanol–water partition coefficient (Wildman–Crippen LogP) is 4.33. The molecule has 0 fully saturated rings. The summed E-state index contributed by atoms with van der Waals surface area (Å²) in [5.41, 5.74) is 4.19. The molecule has 0 radical (unpaired) electrons. The Morgan fingerprint density at radius 2 is 1.76 bits per heavy atom. The number of halogens is 1. The summed E-state index contributed by atoms with van der Waals surface area (Å²) < 4.78 is 12.5. The fourth-order valence-corrected chi connectivity index (χ4v) is 2.65. The Hall–Kier alpha value is -2.74. The van der Waals surface area contributed by atoms with E-state index in [2.05, 4.69) is 16.0 Å². The van der Waals surface area contributed by atoms with Crippen molar-refractivity contribution in [2.45, 2.75) is 52.6 Å². The van der Waals surface area contributed by atoms with Crippen LogP contribution in [0.5, 0.6) is 11.6 Å². The highest BCUT2D eigenvalue weighted by Gasteiger charge is 2.32. The molecule has 9 heteroatoms. The molecule has 1 heterocycles. The van der Waals surface area contributed by atoms with Crippen LogP contribution in [0.1, 0.15) is 57.6 Å². The number of hydrogen-bond donors (Lipinski definition) is 2. The van der Waals surface area contributed by atoms with Gasteiger partial charge in [0.2, 0.25) is 5.88 Å². The summed E-state index contributed by atoms with van der Waals surface area (Å²) in [4.78, 5) is 24.8. The number of nitrogens with zero attached hydrogens (tertiary/aromatic N) is 2. The third-order valence-corrected chi connectivity index (χ3v) is 3.85. The number of hydrogen-bond acceptors (Lipinski definition) is 5. The van der Waals surface area contributed by atoms with Crippen molar-refractivity contribution >= 4 is 23.6 Å². The highest BCUT2D eigenvalue weighted by atomic mass is 35.5. The number of aryl methyl sites for hydroxylation is 1. The van der Waals surface area contributed by atoms with Gasteiger partial charge in [0.05, 0.1) is 5.69 Å². The van der Waals surface area contributed by atoms with Gasteiger partial charge < -0.3 is 9.47 Å². The topological polar surface area (TPSA) is 94.5 Å². The maximum atomic E-state index is 12.9. The molecule has 1 aromatic heterocycles. The van der Waals surface area contributed by atoms with Gasteiger partial charge >= 0.3 is 6.09 Å². The van der Waals surface area contributed by atoms with Gasteiger partial charge in [0.15, 0.2) is 0 Å². The highest BCUT2D eigenvalue weighted by molar-refractivity contribution is 6.30. The van der Waals surface area contributed by atoms with E-state index >= 15 is 0 Å². The molecule has 2 rings (SSSR count). The quantitative estimate of drug-likeness (QED) is 0.718. The summed E-state index contributed by atoms with van der Waals surface area (Å²) in [5.74, 6) is 0.0988. The number of benzene rings is 1. The van der Waals surface area contributed by atoms with E-state index in [1.54, 1.807) is 52.1 Å². The van der Waals surface area contributed by atoms with Crippen molar-refractivity contribution in [1.29, 1.82) is 0 Å². The second kappa shape index (κ2) is 8.32. The fraction of sp³-hybridized carbons (Fsp3) is 0.450. The van der Waals surface area contributed by atoms with Crippen LogP contribution in [0.25, 0.3) is 0 Å². The molecule has 158 valence electrons. The third-order valence-electron chi connectivity index (χ3n) is 3.62. The summed E-state index contributed by atoms with van der Waals surface area (Å²) in [7, 11) is 1.67. The van der Waals surface area contributed by atoms with Gasteiger partial charge in [0, 0.05) is 17.5 Å². The molecule has 0 atom stereocenters. The lowest BCUT2D eigenvalue weighted by atomic mass is 9.89. The zero-order valence-corrected chi connectivity index (χ0v) is 18.5. The molecule has 0 aliphatic rings. The van der Waals surface area contributed by atoms with Gasteiger partial charge in [0.25, 0.3) is 5.91 Å². The van der Waals surface area contributed by atoms with Crippen LogP contribution in [0.2, 0.25) is 5.02 Å². The first kappa shape index (κ1) is 22.5. The average molecular weight is 423 g/mol. The Balaban J connectivity index is 2.34. The molecule has 2 N–H and O–H groups in total. The van der Waals surface area contributed by atoms with Crippen molar-refractivity contribution in [3.8, 4) is 11.6 Å². The van der Waals surface area contributed by atoms with E-state index in [-0.39, 0.29) is 11.4 Å². The van der Waals surface area contributed by atoms with Gasteiger partial charge in [-0.05, 0) is 39.0 Å². The van der Waals surface area contributed by atoms with E-state index in [1.165, 1.54) is 4.68 Å². The lowest BCUT2D eigenvalue weighted by molar-refractivity contribution is 0.0483. The van der Waals surface area contributed by atoms with Crippen molar-refractivity contribution in [1.82, 2.24) is 20.6 Å². The largest absolute Gasteiger partial charge is 0.443 e. The van der Waals surface area contributed by atoms with Crippen molar-refractivity contribution in [3.63, 3.8) is 0 Å². The second-order valence-corrected chi connectivity index (χ2v) is 8.98. The van der Waals surface area contributed by atoms with E-state index in [1.807, 2.05) is 20.8 Å². The maximum Gasteiger partial charge on any atom is 0.426 e. The molecule has 0 bridgehead atoms. The number of carbonyl (C=O) groups is 2. The number of carbonyl (C=O) groups excluding carboxylic acids is 2. The van der Waals surface area contributed by atoms with E-state index in [0.29, 0.717) is 16.5 Å². The van der Waals surface area contributed by atoms with Gasteiger partial charge in [-0.1, -0.05) is 38.4 Å². The van der Waals surface area contributed by atoms with E-state index in [9.17, 15) is 9.59 Å². The molecule has 2 amide bonds. The molecule has 8 nitrogen and oxygen atoms in total. The van der Waals surface area contributed by atoms with E-state index in [4.69, 9.17) is 21.1 Å². The van der Waals surface area contributed by atoms with Crippen molar-refractivity contribution in [2.24, 2.45) is 7.05 Å². The first-order chi connectivity index (χ1) is 13.3. The van der Waals surface area contributed by atoms with Gasteiger partial charge in [-0.15, -0.1) is 0 Å². The Kier molecular flexibility index (Phi) is 6.47. The van der Waals surface area contributed by atoms with Gasteiger partial charge in [-0.25, -0.2) is 14.9 Å². The smallest absolute Gasteiger partial charge is 0.426 e. The number of amides is 2. The number of nitrogens with one attached hydrogen (secondary N) is 2. The molecule has 0 aliphatic heterocycles. The Morgan fingerprint density at radius 3 is 2.31 bits per heavy atom. The Labute approximate surface area is 175 Å². The van der Waals surface area contributed by atoms with Crippen LogP contribution in [0.4, 0.5) is 4.79 Å². The molecule has 0 saturated heterocycles. The van der Waals surface area contributed by atoms with Gasteiger partial charge in [0.1, 0.15) is 16.9 Å². The zero-order chi connectivity index (χ0) is 22.0. The van der Waals surface area contributed by atoms with Crippen LogP contribution < -0.4 is 15.6 Å². The van der Waals surface area contributed by atoms with Crippen LogP contribution >= 0.6 is 11.6 Å². The molecular formula is C20H27ClN4O4. The Morgan fingerprint density at radius 1 is 1.10 bits per heavy atom. The number of aromatic nitrogens is 2. The van der Waals surface area contributed by atoms with Crippen LogP contribution in [-0.4, -0.2) is 27.4 Å². The third kappa shape index (κ3) is 6.12. The summed E-state index contributed by atoms with van der Waals surface area (Å²) in [5, 5.41) is 4.96. The monoisotopic (exact) mass is 422 g/mol. The first-order valence-electron chi connectivity index (χ1n) is 9.08. The van der Waals surface area contributed by atoms with Crippen molar-refractivity contribution in [3.05, 3.63) is 40.5 Å². The summed E-state index contributed by atoms with van der Waals surface area (Å²) in [6, 6.07) is 6.81. The van der Waals surface area contributed by atoms with Crippen LogP contribution in [-0.2, 0) is 17.2 Å². The molecule has 0 saturated carbocycles. The van der Waals surface area contributed by atoms with Crippen LogP contribution in [0, 0.1) is 0 Å². The molecule has 2 aromatic rings. The van der Waals surface area contributed by atoms with Crippen LogP contribution in [0.3, 0.4) is 0 Å². The number of rotatable bonds is 3. The molecule has 29 heavy (non-hydrogen) atoms. The lowest BCUT2D eigenvalue weighted by Gasteiger charge is -2.20. The fourth-order valence-electron chi connectivity index (χ4n) is 2.47. The SMILES string of the molecule is Cn1nc(C(C)(C)C)c(C(=O)NNC(=O)OC(C)(C)C)c1Oc1cccc(Cl)c1. The standard InChI is InChI=1S/C20H27ClN4O4/c1-19(2,3)15-14(16(26)22-23-18(27)29-20(4,5)6)17(25(7)24-15)28-13-10-8-9-12(21)11-13/h8-11H,1-7H3,(H,22,26)(H,23,27). The average Bonchev–Trinajstić information content (AvgIpc) is 2.88. The molecule has 0 unspecified atom stereocenters. The summed E-state index contributed by atoms with van der Waals surface area (Å²) in [6.45, 7) is 11.0. The summed E-state index contributed by atoms with van der Waals surface area (Å²) in [6.07, 6.45) is -0.774. The van der Waals surface area contributed by atoms with E-state index in [0.717, 1.165) is 0 Å². The normalized spacial score (nSPS) is 11.7. The molecule has 1 aromatic carbocycles. The highest BCUT2D eigenvalue weighted by Crippen LogP contribution is 2.34. The minimum atomic E-state index is -0.774. The maximum absolute atomic E-state index is 12.9. The minimum Gasteiger partial charge on any atom is -0.443 e. The Bertz CT molecular complexity index is 910. The van der Waals surface area contributed by atoms with Crippen molar-refractivity contribution < 1.29 is 19.1 Å². The number of hydrazine groups is 1. The first-order valence-corrected chi connectivity index (χ1v) is 9.46. The predicted molar refractivity (Wildman–Crippen MR) is 110 cm³/mol. The molecule has 0 aliphatic carbocycles. The summed E-state index contributed by atoms with van der Waals surface area (Å²) >= 11 is 6.03. The zero-order valence-electron chi connectivity index (χ0n) is 17.7. The van der Waals surface area contributed by atoms with Gasteiger partial charge in [-0.3, -0.25) is 10.2 Å². The molecular weight excluding hydrogens is 396 g/mol. The van der Waals surface area contributed by atoms with Gasteiger partial charge in [-0.2, -0.15) is 5.10 Å². The minimum absolute atomic E-state index is 0.205. The second-order valence-electron chi connectivity index (χ2n) is 8.54. The number of ether oxygens (including phenoxy) is 2.